The molecule has 2 N–H and O–H groups in total. The number of carboxylic acid groups (broad SMARTS) is 1. The Morgan fingerprint density at radius 3 is 0.809 bits per heavy atom. The van der Waals surface area contributed by atoms with Crippen molar-refractivity contribution in [1.82, 2.24) is 19.6 Å². The fourth-order valence-corrected chi connectivity index (χ4v) is 14.5. The third-order valence-electron chi connectivity index (χ3n) is 22.5. The lowest BCUT2D eigenvalue weighted by molar-refractivity contribution is -0.146. The largest absolute Gasteiger partial charge is 0.508 e. The molecule has 0 radical (unpaired) electrons. The second kappa shape index (κ2) is 92.5. The summed E-state index contributed by atoms with van der Waals surface area (Å²) in [4.78, 5) is 82.5. The summed E-state index contributed by atoms with van der Waals surface area (Å²) in [5, 5.41) is 17.8. The number of carbonyl (C=O) groups excluding carboxylic acids is 5. The molecule has 0 aliphatic carbocycles. The predicted octanol–water partition coefficient (Wildman–Crippen LogP) is 25.2. The minimum Gasteiger partial charge on any atom is -0.481 e. The Morgan fingerprint density at radius 2 is 0.496 bits per heavy atom. The molecule has 0 bridgehead atoms. The molecule has 4 unspecified atom stereocenters. The molecule has 0 aliphatic heterocycles. The van der Waals surface area contributed by atoms with E-state index in [4.69, 9.17) is 38.3 Å². The normalized spacial score (nSPS) is 12.4. The molecule has 115 heavy (non-hydrogen) atoms. The number of aliphatic carboxylic acids is 1. The number of carboxylic acids is 1. The van der Waals surface area contributed by atoms with E-state index < -0.39 is 18.3 Å². The summed E-state index contributed by atoms with van der Waals surface area (Å²) >= 11 is 0. The van der Waals surface area contributed by atoms with Crippen molar-refractivity contribution in [3.05, 3.63) is 0 Å². The molecule has 0 aromatic rings. The lowest BCUT2D eigenvalue weighted by Crippen LogP contribution is -2.39. The van der Waals surface area contributed by atoms with E-state index in [0.717, 1.165) is 168 Å². The lowest BCUT2D eigenvalue weighted by Gasteiger charge is -2.26. The van der Waals surface area contributed by atoms with Crippen LogP contribution < -0.4 is 0 Å². The minimum atomic E-state index is -0.663. The Kier molecular flexibility index (Phi) is 92.8. The fraction of sp³-hybridized carbons (Fsp3) is 0.938. The van der Waals surface area contributed by atoms with E-state index >= 15 is 0 Å². The molecule has 19 heteroatoms. The Bertz CT molecular complexity index is 2070. The van der Waals surface area contributed by atoms with Crippen molar-refractivity contribution < 1.29 is 72.1 Å². The third-order valence-corrected chi connectivity index (χ3v) is 22.5. The van der Waals surface area contributed by atoms with E-state index in [-0.39, 0.29) is 49.9 Å². The van der Waals surface area contributed by atoms with Gasteiger partial charge in [0.1, 0.15) is 32.0 Å². The number of carbonyl (C=O) groups is 6. The van der Waals surface area contributed by atoms with Crippen LogP contribution in [0.15, 0.2) is 0 Å². The fourth-order valence-electron chi connectivity index (χ4n) is 14.5. The molecule has 684 valence electrons. The van der Waals surface area contributed by atoms with Gasteiger partial charge in [-0.1, -0.05) is 327 Å². The second-order valence-electron chi connectivity index (χ2n) is 32.9. The molecule has 0 aromatic heterocycles. The molecule has 0 aliphatic rings. The van der Waals surface area contributed by atoms with Crippen LogP contribution in [0.2, 0.25) is 0 Å². The first-order chi connectivity index (χ1) is 56.0. The number of ether oxygens (including phenoxy) is 7. The summed E-state index contributed by atoms with van der Waals surface area (Å²) in [5.74, 6) is -0.162. The number of hydrogen-bond donors (Lipinski definition) is 2. The molecule has 0 rings (SSSR count). The maximum Gasteiger partial charge on any atom is 0.508 e. The highest BCUT2D eigenvalue weighted by Gasteiger charge is 2.22. The number of rotatable bonds is 85. The monoisotopic (exact) mass is 1640 g/mol. The average molecular weight is 1640 g/mol. The zero-order valence-electron chi connectivity index (χ0n) is 77.6. The molecule has 0 spiro atoms. The van der Waals surface area contributed by atoms with E-state index in [1.54, 1.807) is 0 Å². The summed E-state index contributed by atoms with van der Waals surface area (Å²) < 4.78 is 39.8. The first kappa shape index (κ1) is 115. The van der Waals surface area contributed by atoms with Gasteiger partial charge in [0.2, 0.25) is 0 Å². The van der Waals surface area contributed by atoms with Gasteiger partial charge in [-0.25, -0.2) is 9.59 Å². The molecule has 0 saturated carbocycles. The van der Waals surface area contributed by atoms with Gasteiger partial charge < -0.3 is 53.2 Å². The van der Waals surface area contributed by atoms with Gasteiger partial charge in [-0.15, -0.1) is 0 Å². The van der Waals surface area contributed by atoms with Crippen molar-refractivity contribution in [3.63, 3.8) is 0 Å². The molecule has 0 fully saturated rings. The van der Waals surface area contributed by atoms with Crippen LogP contribution in [-0.2, 0) is 52.3 Å². The first-order valence-corrected chi connectivity index (χ1v) is 48.9. The minimum absolute atomic E-state index is 0.0731. The van der Waals surface area contributed by atoms with Crippen LogP contribution in [0, 0.1) is 11.8 Å². The van der Waals surface area contributed by atoms with Crippen LogP contribution in [0.1, 0.15) is 443 Å². The first-order valence-electron chi connectivity index (χ1n) is 48.9. The van der Waals surface area contributed by atoms with Crippen molar-refractivity contribution in [2.45, 2.75) is 455 Å². The van der Waals surface area contributed by atoms with Crippen molar-refractivity contribution in [2.24, 2.45) is 11.8 Å². The number of aliphatic hydroxyl groups is 1. The SMILES string of the molecule is CCCCCCCCC(CCCCCC)COC(=O)CCCC(CCCCCC)OC(=O)OCCN(CCO)CCN(CC)CC.CCCCCCCCCC(=O)O.CCCCCCCCCC(=O)OCCN(CCOC(=O)OC(CCCCCC)CCCC(=O)OCC(CCCCCC)CCCCCCCC)CCN(CC)CC. The lowest BCUT2D eigenvalue weighted by atomic mass is 9.95. The molecule has 0 saturated heterocycles. The Labute approximate surface area is 709 Å². The zero-order chi connectivity index (χ0) is 85.4. The molecular weight excluding hydrogens is 1450 g/mol. The predicted molar refractivity (Wildman–Crippen MR) is 479 cm³/mol. The van der Waals surface area contributed by atoms with Crippen LogP contribution in [0.25, 0.3) is 0 Å². The standard InChI is InChI=1S/C48H94N2O7.C38H76N2O6.C10H20O2/c1-7-13-17-21-23-25-29-35-46(51)54-41-39-50(38-37-49(11-5)12-6)40-42-55-48(53)57-45(33-28-20-16-10-4)34-30-36-47(52)56-43-44(31-26-19-15-9-3)32-27-24-22-18-14-8-2;1-6-11-14-17-18-20-24-35(23-19-15-12-7-2)34-45-37(42)27-22-26-36(25-21-16-13-8-3)46-38(43)44-33-31-40(30-32-41)29-28-39(9-4)10-5;1-2-3-4-5-6-7-8-9-10(11)12/h44-45H,7-43H2,1-6H3;35-36,41H,6-34H2,1-5H3;2-9H2,1H3,(H,11,12). The zero-order valence-corrected chi connectivity index (χ0v) is 77.6. The van der Waals surface area contributed by atoms with Crippen molar-refractivity contribution in [3.8, 4) is 0 Å². The van der Waals surface area contributed by atoms with Gasteiger partial charge in [-0.2, -0.15) is 0 Å². The molecule has 4 atom stereocenters. The van der Waals surface area contributed by atoms with E-state index in [1.807, 2.05) is 0 Å². The highest BCUT2D eigenvalue weighted by Crippen LogP contribution is 2.24. The van der Waals surface area contributed by atoms with Crippen molar-refractivity contribution in [2.75, 3.05) is 118 Å². The van der Waals surface area contributed by atoms with E-state index in [0.29, 0.717) is 109 Å². The molecule has 0 heterocycles. The summed E-state index contributed by atoms with van der Waals surface area (Å²) in [6.07, 6.45) is 59.0. The molecule has 0 amide bonds. The van der Waals surface area contributed by atoms with E-state index in [1.165, 1.54) is 193 Å². The molecular formula is C96H190N4O15. The van der Waals surface area contributed by atoms with Gasteiger partial charge in [0.05, 0.1) is 19.8 Å². The average Bonchev–Trinajstić information content (AvgIpc) is 0.932. The van der Waals surface area contributed by atoms with Gasteiger partial charge in [0.25, 0.3) is 0 Å². The summed E-state index contributed by atoms with van der Waals surface area (Å²) in [5.41, 5.74) is 0. The number of nitrogens with zero attached hydrogens (tertiary/aromatic N) is 4. The summed E-state index contributed by atoms with van der Waals surface area (Å²) in [6.45, 7) is 37.8. The van der Waals surface area contributed by atoms with Gasteiger partial charge in [0, 0.05) is 78.0 Å². The maximum atomic E-state index is 12.9. The Hall–Kier alpha value is -3.78. The van der Waals surface area contributed by atoms with Gasteiger partial charge in [0.15, 0.2) is 0 Å². The summed E-state index contributed by atoms with van der Waals surface area (Å²) in [7, 11) is 0. The van der Waals surface area contributed by atoms with Crippen LogP contribution in [-0.4, -0.2) is 196 Å². The van der Waals surface area contributed by atoms with Crippen LogP contribution in [0.3, 0.4) is 0 Å². The Morgan fingerprint density at radius 1 is 0.252 bits per heavy atom. The highest BCUT2D eigenvalue weighted by molar-refractivity contribution is 5.70. The van der Waals surface area contributed by atoms with Crippen LogP contribution in [0.5, 0.6) is 0 Å². The number of hydrogen-bond acceptors (Lipinski definition) is 18. The van der Waals surface area contributed by atoms with Gasteiger partial charge in [-0.05, 0) is 128 Å². The second-order valence-corrected chi connectivity index (χ2v) is 32.9. The number of esters is 3. The van der Waals surface area contributed by atoms with E-state index in [2.05, 4.69) is 103 Å². The molecule has 0 aromatic carbocycles. The highest BCUT2D eigenvalue weighted by atomic mass is 16.7. The van der Waals surface area contributed by atoms with Crippen LogP contribution >= 0.6 is 0 Å². The quantitative estimate of drug-likeness (QED) is 0.0328. The van der Waals surface area contributed by atoms with E-state index in [9.17, 15) is 33.9 Å². The number of unbranched alkanes of at least 4 members (excludes halogenated alkanes) is 34. The van der Waals surface area contributed by atoms with Crippen molar-refractivity contribution in [1.29, 1.82) is 0 Å². The van der Waals surface area contributed by atoms with Gasteiger partial charge in [-0.3, -0.25) is 29.0 Å². The number of likely N-dealkylation sites (N-methyl/N-ethyl adjacent to an activating group) is 2. The Balaban J connectivity index is -0.00000193. The number of aliphatic hydroxyl groups excluding tert-OH is 1. The van der Waals surface area contributed by atoms with Gasteiger partial charge >= 0.3 is 36.2 Å². The van der Waals surface area contributed by atoms with Crippen LogP contribution in [0.4, 0.5) is 9.59 Å². The summed E-state index contributed by atoms with van der Waals surface area (Å²) in [6, 6.07) is 0. The third kappa shape index (κ3) is 85.0. The smallest absolute Gasteiger partial charge is 0.481 e. The maximum absolute atomic E-state index is 12.9. The topological polar surface area (TPSA) is 220 Å². The molecule has 19 nitrogen and oxygen atoms in total. The van der Waals surface area contributed by atoms with Crippen molar-refractivity contribution >= 4 is 36.2 Å².